The van der Waals surface area contributed by atoms with Gasteiger partial charge < -0.3 is 11.1 Å². The molecule has 0 heterocycles. The lowest BCUT2D eigenvalue weighted by molar-refractivity contribution is 0.415. The number of thiocarbonyl (C=S) groups is 1. The van der Waals surface area contributed by atoms with Gasteiger partial charge in [0.1, 0.15) is 0 Å². The molecule has 0 aliphatic heterocycles. The zero-order chi connectivity index (χ0) is 8.27. The largest absolute Gasteiger partial charge is 0.376 e. The minimum atomic E-state index is 0.434. The van der Waals surface area contributed by atoms with Crippen molar-refractivity contribution >= 4 is 17.3 Å². The van der Waals surface area contributed by atoms with Gasteiger partial charge in [0.2, 0.25) is 0 Å². The van der Waals surface area contributed by atoms with Crippen LogP contribution < -0.4 is 11.1 Å². The maximum atomic E-state index is 5.34. The Morgan fingerprint density at radius 1 is 1.64 bits per heavy atom. The number of nitrogens with one attached hydrogen (secondary N) is 1. The van der Waals surface area contributed by atoms with Gasteiger partial charge in [-0.1, -0.05) is 19.8 Å². The molecule has 3 heteroatoms. The van der Waals surface area contributed by atoms with Crippen molar-refractivity contribution in [1.29, 1.82) is 0 Å². The molecule has 11 heavy (non-hydrogen) atoms. The fourth-order valence-corrected chi connectivity index (χ4v) is 1.84. The Kier molecular flexibility index (Phi) is 3.12. The van der Waals surface area contributed by atoms with E-state index in [9.17, 15) is 0 Å². The van der Waals surface area contributed by atoms with Gasteiger partial charge in [0.15, 0.2) is 5.11 Å². The Morgan fingerprint density at radius 3 is 2.82 bits per heavy atom. The number of hydrogen-bond donors (Lipinski definition) is 2. The minimum Gasteiger partial charge on any atom is -0.376 e. The van der Waals surface area contributed by atoms with E-state index in [1.807, 2.05) is 0 Å². The molecule has 1 saturated carbocycles. The maximum Gasteiger partial charge on any atom is 0.163 e. The third-order valence-corrected chi connectivity index (χ3v) is 2.72. The molecule has 64 valence electrons. The van der Waals surface area contributed by atoms with Crippen molar-refractivity contribution in [2.45, 2.75) is 26.2 Å². The summed E-state index contributed by atoms with van der Waals surface area (Å²) in [4.78, 5) is 0. The van der Waals surface area contributed by atoms with E-state index >= 15 is 0 Å². The monoisotopic (exact) mass is 172 g/mol. The van der Waals surface area contributed by atoms with Gasteiger partial charge in [0, 0.05) is 6.54 Å². The van der Waals surface area contributed by atoms with E-state index in [4.69, 9.17) is 18.0 Å². The summed E-state index contributed by atoms with van der Waals surface area (Å²) in [6, 6.07) is 0. The fraction of sp³-hybridized carbons (Fsp3) is 0.875. The smallest absolute Gasteiger partial charge is 0.163 e. The van der Waals surface area contributed by atoms with Gasteiger partial charge in [-0.2, -0.15) is 0 Å². The van der Waals surface area contributed by atoms with E-state index in [0.717, 1.165) is 18.4 Å². The molecule has 0 spiro atoms. The predicted molar refractivity (Wildman–Crippen MR) is 51.3 cm³/mol. The summed E-state index contributed by atoms with van der Waals surface area (Å²) in [7, 11) is 0. The molecular formula is C8H16N2S. The van der Waals surface area contributed by atoms with Crippen LogP contribution in [0.3, 0.4) is 0 Å². The van der Waals surface area contributed by atoms with Gasteiger partial charge in [-0.3, -0.25) is 0 Å². The highest BCUT2D eigenvalue weighted by Crippen LogP contribution is 2.30. The van der Waals surface area contributed by atoms with Gasteiger partial charge in [-0.25, -0.2) is 0 Å². The Balaban J connectivity index is 2.20. The number of hydrogen-bond acceptors (Lipinski definition) is 1. The average molecular weight is 172 g/mol. The SMILES string of the molecule is CC1CCCC1CNC(N)=S. The van der Waals surface area contributed by atoms with E-state index in [0.29, 0.717) is 5.11 Å². The maximum absolute atomic E-state index is 5.34. The summed E-state index contributed by atoms with van der Waals surface area (Å²) < 4.78 is 0. The third-order valence-electron chi connectivity index (χ3n) is 2.58. The molecule has 0 aromatic carbocycles. The van der Waals surface area contributed by atoms with E-state index in [2.05, 4.69) is 12.2 Å². The van der Waals surface area contributed by atoms with Crippen molar-refractivity contribution in [2.75, 3.05) is 6.54 Å². The molecule has 1 rings (SSSR count). The lowest BCUT2D eigenvalue weighted by Gasteiger charge is -2.15. The summed E-state index contributed by atoms with van der Waals surface area (Å²) in [5, 5.41) is 3.46. The van der Waals surface area contributed by atoms with Crippen molar-refractivity contribution in [3.05, 3.63) is 0 Å². The van der Waals surface area contributed by atoms with Crippen molar-refractivity contribution in [1.82, 2.24) is 5.32 Å². The first-order chi connectivity index (χ1) is 5.20. The lowest BCUT2D eigenvalue weighted by Crippen LogP contribution is -2.34. The highest BCUT2D eigenvalue weighted by molar-refractivity contribution is 7.80. The van der Waals surface area contributed by atoms with Gasteiger partial charge in [0.25, 0.3) is 0 Å². The van der Waals surface area contributed by atoms with Crippen LogP contribution in [-0.4, -0.2) is 11.7 Å². The first-order valence-electron chi connectivity index (χ1n) is 4.23. The highest BCUT2D eigenvalue weighted by Gasteiger charge is 2.22. The fourth-order valence-electron chi connectivity index (χ4n) is 1.76. The van der Waals surface area contributed by atoms with Crippen LogP contribution in [0.5, 0.6) is 0 Å². The summed E-state index contributed by atoms with van der Waals surface area (Å²) in [6.45, 7) is 3.27. The van der Waals surface area contributed by atoms with Gasteiger partial charge in [-0.15, -0.1) is 0 Å². The molecule has 1 aliphatic rings. The molecular weight excluding hydrogens is 156 g/mol. The standard InChI is InChI=1S/C8H16N2S/c1-6-3-2-4-7(6)5-10-8(9)11/h6-7H,2-5H2,1H3,(H3,9,10,11). The molecule has 2 unspecified atom stereocenters. The van der Waals surface area contributed by atoms with Crippen LogP contribution in [0, 0.1) is 11.8 Å². The molecule has 0 amide bonds. The zero-order valence-electron chi connectivity index (χ0n) is 6.97. The second-order valence-corrected chi connectivity index (χ2v) is 3.85. The Bertz CT molecular complexity index is 147. The topological polar surface area (TPSA) is 38.0 Å². The molecule has 0 aromatic rings. The van der Waals surface area contributed by atoms with E-state index in [1.54, 1.807) is 0 Å². The second-order valence-electron chi connectivity index (χ2n) is 3.41. The second kappa shape index (κ2) is 3.90. The molecule has 0 saturated heterocycles. The predicted octanol–water partition coefficient (Wildman–Crippen LogP) is 1.26. The molecule has 2 nitrogen and oxygen atoms in total. The minimum absolute atomic E-state index is 0.434. The molecule has 0 radical (unpaired) electrons. The highest BCUT2D eigenvalue weighted by atomic mass is 32.1. The van der Waals surface area contributed by atoms with Crippen molar-refractivity contribution in [2.24, 2.45) is 17.6 Å². The lowest BCUT2D eigenvalue weighted by atomic mass is 9.98. The van der Waals surface area contributed by atoms with Crippen LogP contribution in [0.25, 0.3) is 0 Å². The van der Waals surface area contributed by atoms with Crippen molar-refractivity contribution in [3.8, 4) is 0 Å². The molecule has 0 aromatic heterocycles. The molecule has 0 bridgehead atoms. The van der Waals surface area contributed by atoms with Gasteiger partial charge >= 0.3 is 0 Å². The first-order valence-corrected chi connectivity index (χ1v) is 4.64. The summed E-state index contributed by atoms with van der Waals surface area (Å²) in [5.74, 6) is 1.63. The number of rotatable bonds is 2. The van der Waals surface area contributed by atoms with E-state index in [-0.39, 0.29) is 0 Å². The van der Waals surface area contributed by atoms with E-state index in [1.165, 1.54) is 19.3 Å². The van der Waals surface area contributed by atoms with Crippen LogP contribution >= 0.6 is 12.2 Å². The molecule has 2 atom stereocenters. The number of nitrogens with two attached hydrogens (primary N) is 1. The van der Waals surface area contributed by atoms with Crippen LogP contribution in [0.15, 0.2) is 0 Å². The molecule has 1 aliphatic carbocycles. The van der Waals surface area contributed by atoms with Gasteiger partial charge in [0.05, 0.1) is 0 Å². The average Bonchev–Trinajstić information content (AvgIpc) is 2.31. The van der Waals surface area contributed by atoms with Crippen LogP contribution in [0.1, 0.15) is 26.2 Å². The molecule has 3 N–H and O–H groups in total. The Hall–Kier alpha value is -0.310. The third kappa shape index (κ3) is 2.66. The quantitative estimate of drug-likeness (QED) is 0.616. The normalized spacial score (nSPS) is 30.3. The molecule has 1 fully saturated rings. The zero-order valence-corrected chi connectivity index (χ0v) is 7.79. The Morgan fingerprint density at radius 2 is 2.36 bits per heavy atom. The summed E-state index contributed by atoms with van der Waals surface area (Å²) >= 11 is 4.74. The summed E-state index contributed by atoms with van der Waals surface area (Å²) in [6.07, 6.45) is 4.06. The Labute approximate surface area is 73.5 Å². The van der Waals surface area contributed by atoms with Crippen LogP contribution in [0.2, 0.25) is 0 Å². The van der Waals surface area contributed by atoms with Crippen molar-refractivity contribution < 1.29 is 0 Å². The van der Waals surface area contributed by atoms with Crippen LogP contribution in [0.4, 0.5) is 0 Å². The van der Waals surface area contributed by atoms with E-state index < -0.39 is 0 Å². The summed E-state index contributed by atoms with van der Waals surface area (Å²) in [5.41, 5.74) is 5.34. The van der Waals surface area contributed by atoms with Crippen LogP contribution in [-0.2, 0) is 0 Å². The first kappa shape index (κ1) is 8.78. The van der Waals surface area contributed by atoms with Gasteiger partial charge in [-0.05, 0) is 30.5 Å². The van der Waals surface area contributed by atoms with Crippen molar-refractivity contribution in [3.63, 3.8) is 0 Å².